The molecule has 110 valence electrons. The maximum Gasteiger partial charge on any atom is 0.294 e. The first-order valence-electron chi connectivity index (χ1n) is 6.87. The molecule has 4 nitrogen and oxygen atoms in total. The van der Waals surface area contributed by atoms with Crippen LogP contribution in [0, 0.1) is 6.92 Å². The van der Waals surface area contributed by atoms with Crippen LogP contribution in [-0.4, -0.2) is 19.5 Å². The van der Waals surface area contributed by atoms with Crippen molar-refractivity contribution >= 4 is 15.8 Å². The van der Waals surface area contributed by atoms with Gasteiger partial charge in [0.05, 0.1) is 4.90 Å². The van der Waals surface area contributed by atoms with Crippen molar-refractivity contribution in [2.45, 2.75) is 24.2 Å². The summed E-state index contributed by atoms with van der Waals surface area (Å²) in [7, 11) is -4.22. The SMILES string of the molecule is Cc1ccc(S(=O)(=O)O)c(C2CCNc3ccccc32)c1. The van der Waals surface area contributed by atoms with E-state index in [1.807, 2.05) is 37.3 Å². The second kappa shape index (κ2) is 5.16. The minimum absolute atomic E-state index is 0.00908. The minimum atomic E-state index is -4.22. The maximum absolute atomic E-state index is 11.7. The number of benzene rings is 2. The summed E-state index contributed by atoms with van der Waals surface area (Å²) < 4.78 is 32.8. The molecule has 1 atom stereocenters. The molecule has 1 heterocycles. The van der Waals surface area contributed by atoms with Crippen LogP contribution in [0.2, 0.25) is 0 Å². The van der Waals surface area contributed by atoms with Crippen LogP contribution in [0.25, 0.3) is 0 Å². The van der Waals surface area contributed by atoms with Crippen molar-refractivity contribution in [3.63, 3.8) is 0 Å². The highest BCUT2D eigenvalue weighted by Crippen LogP contribution is 2.39. The Morgan fingerprint density at radius 2 is 1.90 bits per heavy atom. The quantitative estimate of drug-likeness (QED) is 0.836. The standard InChI is InChI=1S/C16H17NO3S/c1-11-6-7-16(21(18,19)20)14(10-11)12-8-9-17-15-5-3-2-4-13(12)15/h2-7,10,12,17H,8-9H2,1H3,(H,18,19,20). The van der Waals surface area contributed by atoms with Gasteiger partial charge >= 0.3 is 0 Å². The van der Waals surface area contributed by atoms with Gasteiger partial charge in [0.1, 0.15) is 0 Å². The average molecular weight is 303 g/mol. The van der Waals surface area contributed by atoms with Gasteiger partial charge in [0.2, 0.25) is 0 Å². The van der Waals surface area contributed by atoms with Crippen molar-refractivity contribution in [2.75, 3.05) is 11.9 Å². The summed E-state index contributed by atoms with van der Waals surface area (Å²) in [5, 5.41) is 3.32. The normalized spacial score (nSPS) is 17.9. The average Bonchev–Trinajstić information content (AvgIpc) is 2.45. The fourth-order valence-corrected chi connectivity index (χ4v) is 3.71. The first-order chi connectivity index (χ1) is 9.97. The van der Waals surface area contributed by atoms with Gasteiger partial charge in [-0.25, -0.2) is 0 Å². The number of hydrogen-bond acceptors (Lipinski definition) is 3. The lowest BCUT2D eigenvalue weighted by molar-refractivity contribution is 0.481. The molecule has 3 rings (SSSR count). The Hall–Kier alpha value is -1.85. The number of fused-ring (bicyclic) bond motifs is 1. The lowest BCUT2D eigenvalue weighted by Gasteiger charge is -2.28. The highest BCUT2D eigenvalue weighted by atomic mass is 32.2. The van der Waals surface area contributed by atoms with Crippen molar-refractivity contribution < 1.29 is 13.0 Å². The highest BCUT2D eigenvalue weighted by Gasteiger charge is 2.27. The summed E-state index contributed by atoms with van der Waals surface area (Å²) in [6.07, 6.45) is 0.795. The van der Waals surface area contributed by atoms with E-state index < -0.39 is 10.1 Å². The van der Waals surface area contributed by atoms with E-state index >= 15 is 0 Å². The smallest absolute Gasteiger partial charge is 0.294 e. The van der Waals surface area contributed by atoms with Crippen molar-refractivity contribution in [2.24, 2.45) is 0 Å². The van der Waals surface area contributed by atoms with Gasteiger partial charge in [0.15, 0.2) is 0 Å². The van der Waals surface area contributed by atoms with Crippen LogP contribution in [0.3, 0.4) is 0 Å². The van der Waals surface area contributed by atoms with E-state index in [1.165, 1.54) is 6.07 Å². The lowest BCUT2D eigenvalue weighted by atomic mass is 9.84. The van der Waals surface area contributed by atoms with E-state index in [2.05, 4.69) is 5.32 Å². The topological polar surface area (TPSA) is 66.4 Å². The first kappa shape index (κ1) is 14.1. The van der Waals surface area contributed by atoms with Gasteiger partial charge in [-0.1, -0.05) is 35.9 Å². The number of rotatable bonds is 2. The van der Waals surface area contributed by atoms with Gasteiger partial charge in [-0.2, -0.15) is 8.42 Å². The Morgan fingerprint density at radius 1 is 1.14 bits per heavy atom. The van der Waals surface area contributed by atoms with Gasteiger partial charge < -0.3 is 5.32 Å². The molecule has 0 aliphatic carbocycles. The van der Waals surface area contributed by atoms with Crippen molar-refractivity contribution in [1.82, 2.24) is 0 Å². The Labute approximate surface area is 124 Å². The largest absolute Gasteiger partial charge is 0.385 e. The molecule has 1 aliphatic rings. The van der Waals surface area contributed by atoms with Crippen LogP contribution >= 0.6 is 0 Å². The molecule has 21 heavy (non-hydrogen) atoms. The van der Waals surface area contributed by atoms with Gasteiger partial charge in [-0.05, 0) is 36.6 Å². The summed E-state index contributed by atoms with van der Waals surface area (Å²) in [6, 6.07) is 12.9. The van der Waals surface area contributed by atoms with Crippen molar-refractivity contribution in [3.8, 4) is 0 Å². The molecule has 1 unspecified atom stereocenters. The van der Waals surface area contributed by atoms with Gasteiger partial charge in [0.25, 0.3) is 10.1 Å². The van der Waals surface area contributed by atoms with Gasteiger partial charge in [-0.3, -0.25) is 4.55 Å². The summed E-state index contributed by atoms with van der Waals surface area (Å²) in [4.78, 5) is 0.00908. The number of hydrogen-bond donors (Lipinski definition) is 2. The van der Waals surface area contributed by atoms with Crippen LogP contribution < -0.4 is 5.32 Å². The zero-order valence-corrected chi connectivity index (χ0v) is 12.5. The second-order valence-corrected chi connectivity index (χ2v) is 6.76. The molecule has 0 bridgehead atoms. The van der Waals surface area contributed by atoms with Gasteiger partial charge in [-0.15, -0.1) is 0 Å². The number of aryl methyl sites for hydroxylation is 1. The van der Waals surface area contributed by atoms with Crippen LogP contribution in [-0.2, 0) is 10.1 Å². The zero-order chi connectivity index (χ0) is 15.0. The van der Waals surface area contributed by atoms with Gasteiger partial charge in [0, 0.05) is 18.2 Å². The minimum Gasteiger partial charge on any atom is -0.385 e. The molecule has 0 radical (unpaired) electrons. The monoisotopic (exact) mass is 303 g/mol. The third-order valence-electron chi connectivity index (χ3n) is 3.90. The third-order valence-corrected chi connectivity index (χ3v) is 4.83. The fourth-order valence-electron chi connectivity index (χ4n) is 2.97. The fraction of sp³-hybridized carbons (Fsp3) is 0.250. The van der Waals surface area contributed by atoms with Crippen molar-refractivity contribution in [1.29, 1.82) is 0 Å². The predicted octanol–water partition coefficient (Wildman–Crippen LogP) is 3.19. The van der Waals surface area contributed by atoms with Crippen LogP contribution in [0.1, 0.15) is 29.0 Å². The molecule has 5 heteroatoms. The Kier molecular flexibility index (Phi) is 3.47. The summed E-state index contributed by atoms with van der Waals surface area (Å²) >= 11 is 0. The van der Waals surface area contributed by atoms with E-state index in [-0.39, 0.29) is 10.8 Å². The Bertz CT molecular complexity index is 784. The van der Waals surface area contributed by atoms with E-state index in [4.69, 9.17) is 0 Å². The highest BCUT2D eigenvalue weighted by molar-refractivity contribution is 7.85. The summed E-state index contributed by atoms with van der Waals surface area (Å²) in [5.74, 6) is -0.0284. The van der Waals surface area contributed by atoms with Crippen LogP contribution in [0.15, 0.2) is 47.4 Å². The molecule has 0 saturated carbocycles. The van der Waals surface area contributed by atoms with E-state index in [9.17, 15) is 13.0 Å². The molecule has 0 aromatic heterocycles. The first-order valence-corrected chi connectivity index (χ1v) is 8.31. The number of para-hydroxylation sites is 1. The molecule has 0 amide bonds. The molecule has 0 saturated heterocycles. The second-order valence-electron chi connectivity index (χ2n) is 5.37. The third kappa shape index (κ3) is 2.66. The molecule has 2 N–H and O–H groups in total. The molecule has 1 aliphatic heterocycles. The zero-order valence-electron chi connectivity index (χ0n) is 11.7. The Morgan fingerprint density at radius 3 is 2.67 bits per heavy atom. The molecule has 0 fully saturated rings. The maximum atomic E-state index is 11.7. The molecule has 2 aromatic carbocycles. The summed E-state index contributed by atoms with van der Waals surface area (Å²) in [6.45, 7) is 2.70. The van der Waals surface area contributed by atoms with E-state index in [1.54, 1.807) is 6.07 Å². The molecular weight excluding hydrogens is 286 g/mol. The number of anilines is 1. The van der Waals surface area contributed by atoms with Crippen molar-refractivity contribution in [3.05, 3.63) is 59.2 Å². The van der Waals surface area contributed by atoms with Crippen LogP contribution in [0.4, 0.5) is 5.69 Å². The Balaban J connectivity index is 2.20. The molecule has 0 spiro atoms. The number of nitrogens with one attached hydrogen (secondary N) is 1. The lowest BCUT2D eigenvalue weighted by Crippen LogP contribution is -2.19. The van der Waals surface area contributed by atoms with E-state index in [0.29, 0.717) is 5.56 Å². The van der Waals surface area contributed by atoms with Crippen LogP contribution in [0.5, 0.6) is 0 Å². The molecule has 2 aromatic rings. The predicted molar refractivity (Wildman–Crippen MR) is 82.4 cm³/mol. The van der Waals surface area contributed by atoms with E-state index in [0.717, 1.165) is 29.8 Å². The molecular formula is C16H17NO3S. The summed E-state index contributed by atoms with van der Waals surface area (Å²) in [5.41, 5.74) is 3.75.